The predicted octanol–water partition coefficient (Wildman–Crippen LogP) is 4.67. The highest BCUT2D eigenvalue weighted by molar-refractivity contribution is 5.31. The molecule has 0 aromatic rings. The maximum absolute atomic E-state index is 4.08. The zero-order valence-corrected chi connectivity index (χ0v) is 10.2. The first-order valence-electron chi connectivity index (χ1n) is 5.88. The van der Waals surface area contributed by atoms with Gasteiger partial charge in [0.2, 0.25) is 0 Å². The van der Waals surface area contributed by atoms with E-state index in [4.69, 9.17) is 0 Å². The number of hydrogen-bond acceptors (Lipinski definition) is 0. The summed E-state index contributed by atoms with van der Waals surface area (Å²) < 4.78 is 0. The minimum atomic E-state index is 0.558. The Morgan fingerprint density at radius 2 is 2.20 bits per heavy atom. The Morgan fingerprint density at radius 3 is 2.87 bits per heavy atom. The van der Waals surface area contributed by atoms with Crippen LogP contribution in [-0.2, 0) is 0 Å². The maximum Gasteiger partial charge on any atom is -0.0162 e. The molecule has 0 fully saturated rings. The summed E-state index contributed by atoms with van der Waals surface area (Å²) in [7, 11) is 0. The van der Waals surface area contributed by atoms with Crippen molar-refractivity contribution in [2.75, 3.05) is 0 Å². The molecule has 2 atom stereocenters. The molecule has 0 heteroatoms. The van der Waals surface area contributed by atoms with E-state index < -0.39 is 0 Å². The van der Waals surface area contributed by atoms with Crippen molar-refractivity contribution >= 4 is 0 Å². The molecular weight excluding hydrogens is 180 g/mol. The lowest BCUT2D eigenvalue weighted by atomic mass is 9.96. The fourth-order valence-corrected chi connectivity index (χ4v) is 1.63. The Hall–Kier alpha value is -1.04. The summed E-state index contributed by atoms with van der Waals surface area (Å²) in [6, 6.07) is 0. The van der Waals surface area contributed by atoms with Crippen LogP contribution in [0.5, 0.6) is 0 Å². The Morgan fingerprint density at radius 1 is 1.47 bits per heavy atom. The van der Waals surface area contributed by atoms with Gasteiger partial charge in [-0.25, -0.2) is 0 Å². The molecule has 1 aliphatic carbocycles. The van der Waals surface area contributed by atoms with Gasteiger partial charge in [0.05, 0.1) is 0 Å². The minimum Gasteiger partial charge on any atom is -0.0955 e. The predicted molar refractivity (Wildman–Crippen MR) is 68.7 cm³/mol. The standard InChI is InChI=1S/C15H22/c1-5-12(2)15-10-6-8-13(3)14(4)9-7-11-15/h6-8,10-12,14H,3,5,9H2,1-2,4H3. The van der Waals surface area contributed by atoms with E-state index >= 15 is 0 Å². The van der Waals surface area contributed by atoms with Crippen LogP contribution in [0.1, 0.15) is 33.6 Å². The fraction of sp³-hybridized carbons (Fsp3) is 0.467. The average molecular weight is 202 g/mol. The van der Waals surface area contributed by atoms with Crippen LogP contribution >= 0.6 is 0 Å². The van der Waals surface area contributed by atoms with Gasteiger partial charge in [-0.15, -0.1) is 0 Å². The van der Waals surface area contributed by atoms with Gasteiger partial charge >= 0.3 is 0 Å². The lowest BCUT2D eigenvalue weighted by Crippen LogP contribution is -1.95. The third kappa shape index (κ3) is 3.54. The molecular formula is C15H22. The second kappa shape index (κ2) is 5.75. The number of hydrogen-bond donors (Lipinski definition) is 0. The smallest absolute Gasteiger partial charge is 0.0162 e. The van der Waals surface area contributed by atoms with Crippen molar-refractivity contribution in [1.29, 1.82) is 0 Å². The third-order valence-electron chi connectivity index (χ3n) is 3.21. The molecule has 0 aliphatic heterocycles. The topological polar surface area (TPSA) is 0 Å². The van der Waals surface area contributed by atoms with Crippen LogP contribution in [0.2, 0.25) is 0 Å². The molecule has 0 amide bonds. The monoisotopic (exact) mass is 202 g/mol. The Balaban J connectivity index is 2.86. The summed E-state index contributed by atoms with van der Waals surface area (Å²) in [4.78, 5) is 0. The Bertz CT molecular complexity index is 302. The van der Waals surface area contributed by atoms with Gasteiger partial charge in [-0.2, -0.15) is 0 Å². The lowest BCUT2D eigenvalue weighted by molar-refractivity contribution is 0.668. The molecule has 0 N–H and O–H groups in total. The molecule has 0 heterocycles. The summed E-state index contributed by atoms with van der Waals surface area (Å²) in [5.74, 6) is 1.20. The van der Waals surface area contributed by atoms with Crippen LogP contribution in [0.4, 0.5) is 0 Å². The molecule has 2 unspecified atom stereocenters. The van der Waals surface area contributed by atoms with Crippen molar-refractivity contribution in [1.82, 2.24) is 0 Å². The van der Waals surface area contributed by atoms with E-state index in [1.165, 1.54) is 17.6 Å². The molecule has 1 aliphatic rings. The molecule has 82 valence electrons. The summed E-state index contributed by atoms with van der Waals surface area (Å²) in [5.41, 5.74) is 2.65. The van der Waals surface area contributed by atoms with Gasteiger partial charge in [0.15, 0.2) is 0 Å². The van der Waals surface area contributed by atoms with Crippen molar-refractivity contribution < 1.29 is 0 Å². The summed E-state index contributed by atoms with van der Waals surface area (Å²) in [6.07, 6.45) is 13.3. The van der Waals surface area contributed by atoms with Gasteiger partial charge in [0.1, 0.15) is 0 Å². The van der Waals surface area contributed by atoms with Crippen molar-refractivity contribution in [3.05, 3.63) is 48.1 Å². The van der Waals surface area contributed by atoms with E-state index in [9.17, 15) is 0 Å². The van der Waals surface area contributed by atoms with Gasteiger partial charge < -0.3 is 0 Å². The van der Waals surface area contributed by atoms with E-state index in [-0.39, 0.29) is 0 Å². The van der Waals surface area contributed by atoms with Crippen LogP contribution < -0.4 is 0 Å². The second-order valence-corrected chi connectivity index (χ2v) is 4.45. The first kappa shape index (κ1) is 12.0. The summed E-state index contributed by atoms with van der Waals surface area (Å²) in [6.45, 7) is 10.8. The average Bonchev–Trinajstić information content (AvgIpc) is 2.31. The highest BCUT2D eigenvalue weighted by Gasteiger charge is 2.05. The molecule has 0 aromatic carbocycles. The molecule has 0 radical (unpaired) electrons. The molecule has 0 spiro atoms. The van der Waals surface area contributed by atoms with E-state index in [1.807, 2.05) is 0 Å². The quantitative estimate of drug-likeness (QED) is 0.610. The molecule has 0 aromatic heterocycles. The van der Waals surface area contributed by atoms with Gasteiger partial charge in [-0.3, -0.25) is 0 Å². The van der Waals surface area contributed by atoms with E-state index in [1.54, 1.807) is 0 Å². The first-order chi connectivity index (χ1) is 7.15. The highest BCUT2D eigenvalue weighted by atomic mass is 14.1. The highest BCUT2D eigenvalue weighted by Crippen LogP contribution is 2.21. The maximum atomic E-state index is 4.08. The van der Waals surface area contributed by atoms with Crippen LogP contribution in [-0.4, -0.2) is 0 Å². The third-order valence-corrected chi connectivity index (χ3v) is 3.21. The molecule has 0 saturated heterocycles. The van der Waals surface area contributed by atoms with Crippen LogP contribution in [0, 0.1) is 11.8 Å². The second-order valence-electron chi connectivity index (χ2n) is 4.45. The van der Waals surface area contributed by atoms with Gasteiger partial charge in [0, 0.05) is 0 Å². The zero-order valence-electron chi connectivity index (χ0n) is 10.2. The van der Waals surface area contributed by atoms with E-state index in [0.717, 1.165) is 6.42 Å². The number of allylic oxidation sites excluding steroid dienone is 7. The Kier molecular flexibility index (Phi) is 4.61. The van der Waals surface area contributed by atoms with Crippen molar-refractivity contribution in [2.24, 2.45) is 11.8 Å². The normalized spacial score (nSPS) is 24.1. The van der Waals surface area contributed by atoms with Gasteiger partial charge in [-0.1, -0.05) is 63.3 Å². The van der Waals surface area contributed by atoms with Gasteiger partial charge in [-0.05, 0) is 30.3 Å². The largest absolute Gasteiger partial charge is 0.0955 e. The first-order valence-corrected chi connectivity index (χ1v) is 5.88. The molecule has 0 bridgehead atoms. The zero-order chi connectivity index (χ0) is 11.3. The van der Waals surface area contributed by atoms with Crippen LogP contribution in [0.3, 0.4) is 0 Å². The number of rotatable bonds is 2. The lowest BCUT2D eigenvalue weighted by Gasteiger charge is -2.09. The molecule has 15 heavy (non-hydrogen) atoms. The van der Waals surface area contributed by atoms with Crippen LogP contribution in [0.15, 0.2) is 48.1 Å². The van der Waals surface area contributed by atoms with Crippen molar-refractivity contribution in [3.8, 4) is 0 Å². The van der Waals surface area contributed by atoms with Crippen molar-refractivity contribution in [2.45, 2.75) is 33.6 Å². The minimum absolute atomic E-state index is 0.558. The van der Waals surface area contributed by atoms with E-state index in [2.05, 4.69) is 57.7 Å². The SMILES string of the molecule is C=C1C=CC=C(C(C)CC)C=CCC1C. The summed E-state index contributed by atoms with van der Waals surface area (Å²) >= 11 is 0. The van der Waals surface area contributed by atoms with Gasteiger partial charge in [0.25, 0.3) is 0 Å². The summed E-state index contributed by atoms with van der Waals surface area (Å²) in [5, 5.41) is 0. The molecule has 0 saturated carbocycles. The van der Waals surface area contributed by atoms with E-state index in [0.29, 0.717) is 11.8 Å². The van der Waals surface area contributed by atoms with Crippen molar-refractivity contribution in [3.63, 3.8) is 0 Å². The fourth-order valence-electron chi connectivity index (χ4n) is 1.63. The molecule has 1 rings (SSSR count). The Labute approximate surface area is 94.1 Å². The van der Waals surface area contributed by atoms with Crippen LogP contribution in [0.25, 0.3) is 0 Å². The molecule has 0 nitrogen and oxygen atoms in total.